The van der Waals surface area contributed by atoms with E-state index >= 15 is 0 Å². The van der Waals surface area contributed by atoms with Crippen LogP contribution in [0.15, 0.2) is 41.6 Å². The Kier molecular flexibility index (Phi) is 8.85. The van der Waals surface area contributed by atoms with Gasteiger partial charge in [-0.15, -0.1) is 0 Å². The molecule has 1 aromatic heterocycles. The van der Waals surface area contributed by atoms with Gasteiger partial charge in [-0.3, -0.25) is 5.43 Å². The van der Waals surface area contributed by atoms with E-state index in [1.54, 1.807) is 24.4 Å². The van der Waals surface area contributed by atoms with E-state index in [1.807, 2.05) is 6.07 Å². The monoisotopic (exact) mass is 407 g/mol. The second-order valence-electron chi connectivity index (χ2n) is 3.46. The average Bonchev–Trinajstić information content (AvgIpc) is 2.46. The molecule has 1 aromatic carbocycles. The molecule has 0 unspecified atom stereocenters. The first-order valence-corrected chi connectivity index (χ1v) is 9.11. The Morgan fingerprint density at radius 2 is 1.95 bits per heavy atom. The molecular formula is C12H9Cl4FeN3O. The molecule has 1 heterocycles. The quantitative estimate of drug-likeness (QED) is 0.430. The van der Waals surface area contributed by atoms with E-state index in [1.165, 1.54) is 12.3 Å². The van der Waals surface area contributed by atoms with Crippen molar-refractivity contribution in [1.82, 2.24) is 4.98 Å². The first-order chi connectivity index (χ1) is 10.1. The van der Waals surface area contributed by atoms with E-state index in [2.05, 4.69) is 15.5 Å². The summed E-state index contributed by atoms with van der Waals surface area (Å²) in [6.07, 6.45) is 3.06. The fraction of sp³-hybridized carbons (Fsp3) is 0. The van der Waals surface area contributed by atoms with E-state index < -0.39 is 0 Å². The first-order valence-electron chi connectivity index (χ1n) is 5.31. The zero-order valence-corrected chi connectivity index (χ0v) is 14.4. The number of nitrogens with one attached hydrogen (secondary N) is 1. The Bertz CT molecular complexity index is 599. The third kappa shape index (κ3) is 6.74. The molecule has 0 radical (unpaired) electrons. The number of pyridine rings is 1. The number of hydrogen-bond acceptors (Lipinski definition) is 4. The van der Waals surface area contributed by atoms with Crippen molar-refractivity contribution in [3.05, 3.63) is 52.1 Å². The molecule has 4 nitrogen and oxygen atoms in total. The number of aromatic hydroxyl groups is 1. The van der Waals surface area contributed by atoms with Gasteiger partial charge < -0.3 is 5.11 Å². The first kappa shape index (κ1) is 18.4. The summed E-state index contributed by atoms with van der Waals surface area (Å²) in [5.41, 5.74) is 3.15. The third-order valence-corrected chi connectivity index (χ3v) is 2.61. The van der Waals surface area contributed by atoms with Gasteiger partial charge in [0.1, 0.15) is 11.6 Å². The number of hydrogen-bond donors (Lipinski definition) is 2. The number of rotatable bonds is 3. The van der Waals surface area contributed by atoms with Gasteiger partial charge in [0.25, 0.3) is 0 Å². The maximum atomic E-state index is 9.69. The van der Waals surface area contributed by atoms with Crippen molar-refractivity contribution in [2.24, 2.45) is 5.10 Å². The molecule has 0 aliphatic rings. The molecule has 0 atom stereocenters. The topological polar surface area (TPSA) is 57.5 Å². The predicted octanol–water partition coefficient (Wildman–Crippen LogP) is 4.92. The SMILES string of the molecule is Oc1c(Cl)cc(Cl)cc1/C=N/Nc1ccccn1.[Cl][Fe][Cl]. The van der Waals surface area contributed by atoms with Gasteiger partial charge in [-0.25, -0.2) is 4.98 Å². The standard InChI is InChI=1S/C12H9Cl2N3O.2ClH.Fe/c13-9-5-8(12(18)10(14)6-9)7-16-17-11-3-1-2-4-15-11;;;/h1-7,18H,(H,15,17);2*1H;/q;;;+2/p-2/b16-7+;;;. The van der Waals surface area contributed by atoms with E-state index in [4.69, 9.17) is 43.4 Å². The van der Waals surface area contributed by atoms with Crippen LogP contribution < -0.4 is 5.43 Å². The van der Waals surface area contributed by atoms with Gasteiger partial charge in [0.05, 0.1) is 11.2 Å². The molecule has 2 rings (SSSR count). The molecule has 0 amide bonds. The van der Waals surface area contributed by atoms with Crippen molar-refractivity contribution >= 4 is 55.4 Å². The van der Waals surface area contributed by atoms with Gasteiger partial charge in [-0.05, 0) is 24.3 Å². The Hall–Kier alpha value is -0.681. The predicted molar refractivity (Wildman–Crippen MR) is 85.3 cm³/mol. The minimum absolute atomic E-state index is 0.0624. The number of phenols is 1. The van der Waals surface area contributed by atoms with Gasteiger partial charge >= 0.3 is 33.3 Å². The van der Waals surface area contributed by atoms with E-state index in [-0.39, 0.29) is 23.9 Å². The van der Waals surface area contributed by atoms with E-state index in [0.717, 1.165) is 0 Å². The molecule has 0 saturated heterocycles. The molecule has 9 heteroatoms. The third-order valence-electron chi connectivity index (χ3n) is 2.11. The van der Waals surface area contributed by atoms with E-state index in [0.29, 0.717) is 16.4 Å². The van der Waals surface area contributed by atoms with Crippen molar-refractivity contribution in [3.63, 3.8) is 0 Å². The van der Waals surface area contributed by atoms with Crippen LogP contribution in [0.1, 0.15) is 5.56 Å². The Balaban J connectivity index is 0.000000677. The van der Waals surface area contributed by atoms with Crippen LogP contribution in [0.25, 0.3) is 0 Å². The second kappa shape index (κ2) is 10.1. The van der Waals surface area contributed by atoms with Crippen LogP contribution in [0, 0.1) is 0 Å². The van der Waals surface area contributed by atoms with Gasteiger partial charge in [0.2, 0.25) is 0 Å². The normalized spacial score (nSPS) is 10.3. The number of hydrazone groups is 1. The fourth-order valence-electron chi connectivity index (χ4n) is 1.28. The van der Waals surface area contributed by atoms with Gasteiger partial charge in [0.15, 0.2) is 0 Å². The number of anilines is 1. The van der Waals surface area contributed by atoms with Crippen LogP contribution >= 0.6 is 43.4 Å². The van der Waals surface area contributed by atoms with Crippen LogP contribution in [-0.2, 0) is 13.1 Å². The molecule has 0 saturated carbocycles. The molecule has 0 fully saturated rings. The van der Waals surface area contributed by atoms with Crippen molar-refractivity contribution in [2.75, 3.05) is 5.43 Å². The molecule has 0 spiro atoms. The number of phenolic OH excluding ortho intramolecular Hbond substituents is 1. The van der Waals surface area contributed by atoms with Crippen LogP contribution in [-0.4, -0.2) is 16.3 Å². The number of benzene rings is 1. The van der Waals surface area contributed by atoms with Crippen LogP contribution in [0.4, 0.5) is 5.82 Å². The number of halogens is 4. The summed E-state index contributed by atoms with van der Waals surface area (Å²) in [7, 11) is 9.53. The molecule has 2 aromatic rings. The Labute approximate surface area is 146 Å². The molecule has 0 aliphatic heterocycles. The van der Waals surface area contributed by atoms with Gasteiger partial charge in [-0.2, -0.15) is 5.10 Å². The molecule has 114 valence electrons. The summed E-state index contributed by atoms with van der Waals surface area (Å²) >= 11 is 11.8. The minimum atomic E-state index is -0.0624. The van der Waals surface area contributed by atoms with Crippen LogP contribution in [0.3, 0.4) is 0 Å². The van der Waals surface area contributed by atoms with Crippen molar-refractivity contribution < 1.29 is 18.2 Å². The fourth-order valence-corrected chi connectivity index (χ4v) is 1.79. The Morgan fingerprint density at radius 1 is 1.24 bits per heavy atom. The summed E-state index contributed by atoms with van der Waals surface area (Å²) < 4.78 is 0. The van der Waals surface area contributed by atoms with Gasteiger partial charge in [-0.1, -0.05) is 29.3 Å². The van der Waals surface area contributed by atoms with Crippen molar-refractivity contribution in [2.45, 2.75) is 0 Å². The summed E-state index contributed by atoms with van der Waals surface area (Å²) in [4.78, 5) is 4.03. The van der Waals surface area contributed by atoms with Gasteiger partial charge in [0, 0.05) is 16.8 Å². The molecular weight excluding hydrogens is 400 g/mol. The molecule has 0 bridgehead atoms. The average molecular weight is 409 g/mol. The summed E-state index contributed by atoms with van der Waals surface area (Å²) in [6.45, 7) is 0. The van der Waals surface area contributed by atoms with Crippen LogP contribution in [0.5, 0.6) is 5.75 Å². The second-order valence-corrected chi connectivity index (χ2v) is 6.13. The zero-order chi connectivity index (χ0) is 15.7. The Morgan fingerprint density at radius 3 is 2.57 bits per heavy atom. The molecule has 0 aliphatic carbocycles. The molecule has 21 heavy (non-hydrogen) atoms. The van der Waals surface area contributed by atoms with Crippen molar-refractivity contribution in [3.8, 4) is 5.75 Å². The van der Waals surface area contributed by atoms with Crippen LogP contribution in [0.2, 0.25) is 10.0 Å². The van der Waals surface area contributed by atoms with Crippen molar-refractivity contribution in [1.29, 1.82) is 0 Å². The number of aromatic nitrogens is 1. The summed E-state index contributed by atoms with van der Waals surface area (Å²) in [6, 6.07) is 8.42. The molecule has 2 N–H and O–H groups in total. The summed E-state index contributed by atoms with van der Waals surface area (Å²) in [5.74, 6) is 0.536. The zero-order valence-electron chi connectivity index (χ0n) is 10.2. The van der Waals surface area contributed by atoms with E-state index in [9.17, 15) is 5.11 Å². The maximum absolute atomic E-state index is 9.69. The number of nitrogens with zero attached hydrogens (tertiary/aromatic N) is 2. The summed E-state index contributed by atoms with van der Waals surface area (Å²) in [5, 5.41) is 14.2.